The molecule has 4 aromatic carbocycles. The molecule has 56 heavy (non-hydrogen) atoms. The molecule has 286 valence electrons. The van der Waals surface area contributed by atoms with Crippen molar-refractivity contribution in [1.29, 1.82) is 0 Å². The van der Waals surface area contributed by atoms with E-state index in [2.05, 4.69) is 49.5 Å². The van der Waals surface area contributed by atoms with E-state index in [0.29, 0.717) is 30.2 Å². The third-order valence-corrected chi connectivity index (χ3v) is 10.0. The molecule has 12 heteroatoms. The number of rotatable bonds is 13. The van der Waals surface area contributed by atoms with Crippen LogP contribution >= 0.6 is 0 Å². The predicted octanol–water partition coefficient (Wildman–Crippen LogP) is 6.85. The van der Waals surface area contributed by atoms with Gasteiger partial charge in [0.05, 0.1) is 56.0 Å². The number of hydrogen-bond acceptors (Lipinski definition) is 7. The van der Waals surface area contributed by atoms with Crippen molar-refractivity contribution in [1.82, 2.24) is 35.1 Å². The van der Waals surface area contributed by atoms with Gasteiger partial charge in [-0.1, -0.05) is 116 Å². The third-order valence-electron chi connectivity index (χ3n) is 10.0. The average molecular weight is 752 g/mol. The molecule has 1 aliphatic rings. The molecule has 2 aromatic heterocycles. The number of hydrogen-bond donors (Lipinski definition) is 4. The summed E-state index contributed by atoms with van der Waals surface area (Å²) in [6.45, 7) is 3.01. The minimum Gasteiger partial charge on any atom is -0.453 e. The molecule has 0 radical (unpaired) electrons. The molecule has 3 heterocycles. The fourth-order valence-corrected chi connectivity index (χ4v) is 7.16. The quantitative estimate of drug-likeness (QED) is 0.101. The molecule has 3 amide bonds. The summed E-state index contributed by atoms with van der Waals surface area (Å²) in [6, 6.07) is 33.9. The first-order chi connectivity index (χ1) is 27.3. The number of aliphatic hydroxyl groups is 1. The molecular weight excluding hydrogens is 707 g/mol. The zero-order chi connectivity index (χ0) is 39.0. The summed E-state index contributed by atoms with van der Waals surface area (Å²) in [5.74, 6) is 1.00. The van der Waals surface area contributed by atoms with Crippen molar-refractivity contribution in [3.63, 3.8) is 0 Å². The van der Waals surface area contributed by atoms with E-state index in [4.69, 9.17) is 4.74 Å². The highest BCUT2D eigenvalue weighted by atomic mass is 16.5. The molecular formula is C44H45N7O5. The van der Waals surface area contributed by atoms with E-state index in [-0.39, 0.29) is 37.4 Å². The number of aromatic amines is 2. The Kier molecular flexibility index (Phi) is 11.7. The highest BCUT2D eigenvalue weighted by molar-refractivity contribution is 5.87. The number of amides is 3. The maximum absolute atomic E-state index is 13.8. The van der Waals surface area contributed by atoms with Crippen molar-refractivity contribution in [2.24, 2.45) is 0 Å². The lowest BCUT2D eigenvalue weighted by Gasteiger charge is -2.27. The van der Waals surface area contributed by atoms with Gasteiger partial charge in [-0.25, -0.2) is 14.8 Å². The van der Waals surface area contributed by atoms with Crippen LogP contribution in [0.2, 0.25) is 0 Å². The van der Waals surface area contributed by atoms with Crippen LogP contribution in [0.25, 0.3) is 33.6 Å². The molecule has 1 aliphatic heterocycles. The van der Waals surface area contributed by atoms with Crippen molar-refractivity contribution in [3.05, 3.63) is 144 Å². The van der Waals surface area contributed by atoms with Gasteiger partial charge >= 0.3 is 6.09 Å². The molecule has 0 saturated carbocycles. The van der Waals surface area contributed by atoms with E-state index in [0.717, 1.165) is 45.6 Å². The Morgan fingerprint density at radius 1 is 0.839 bits per heavy atom. The van der Waals surface area contributed by atoms with Crippen molar-refractivity contribution in [3.8, 4) is 33.6 Å². The maximum Gasteiger partial charge on any atom is 0.407 e. The van der Waals surface area contributed by atoms with Crippen LogP contribution in [-0.4, -0.2) is 79.1 Å². The number of β-amino-alcohol motifs (C(OH)–C–C–N with tert-alkyl or cyclic N) is 1. The number of nitrogens with zero attached hydrogens (tertiary/aromatic N) is 4. The predicted molar refractivity (Wildman–Crippen MR) is 213 cm³/mol. The molecule has 4 N–H and O–H groups in total. The number of aliphatic hydroxyl groups excluding tert-OH is 1. The fraction of sp³-hybridized carbons (Fsp3) is 0.250. The van der Waals surface area contributed by atoms with Gasteiger partial charge < -0.3 is 34.9 Å². The summed E-state index contributed by atoms with van der Waals surface area (Å²) < 4.78 is 4.81. The van der Waals surface area contributed by atoms with Crippen molar-refractivity contribution < 1.29 is 24.2 Å². The molecule has 7 rings (SSSR count). The van der Waals surface area contributed by atoms with E-state index >= 15 is 0 Å². The van der Waals surface area contributed by atoms with Crippen LogP contribution in [-0.2, 0) is 27.3 Å². The molecule has 12 nitrogen and oxygen atoms in total. The Morgan fingerprint density at radius 3 is 2.05 bits per heavy atom. The molecule has 1 fully saturated rings. The lowest BCUT2D eigenvalue weighted by molar-refractivity contribution is -0.134. The van der Waals surface area contributed by atoms with Crippen molar-refractivity contribution in [2.45, 2.75) is 50.9 Å². The van der Waals surface area contributed by atoms with Gasteiger partial charge in [-0.3, -0.25) is 9.59 Å². The summed E-state index contributed by atoms with van der Waals surface area (Å²) in [5.41, 5.74) is 7.26. The molecule has 0 spiro atoms. The number of H-pyrrole nitrogens is 2. The lowest BCUT2D eigenvalue weighted by Crippen LogP contribution is -2.43. The summed E-state index contributed by atoms with van der Waals surface area (Å²) >= 11 is 0. The largest absolute Gasteiger partial charge is 0.453 e. The van der Waals surface area contributed by atoms with E-state index in [1.165, 1.54) is 7.11 Å². The van der Waals surface area contributed by atoms with Crippen LogP contribution < -0.4 is 5.32 Å². The minimum absolute atomic E-state index is 0.0341. The standard InChI is InChI=1S/C44H45N7O5/c1-3-22-50(43(54)41(49-44(55)56-2)34-12-8-5-9-13-34)28-39-45-25-36(47-39)32-18-14-30(15-19-32)31-16-20-33(21-17-31)37-26-46-42(48-37)38-24-35(52)27-51(38)40(53)23-29-10-6-4-7-11-29/h4-21,25-26,35,38,41,52H,3,22-24,27-28H2,1-2H3,(H,45,47)(H,46,48)(H,49,55)/t35-,38-,41+/m0/s1. The van der Waals surface area contributed by atoms with Gasteiger partial charge in [-0.2, -0.15) is 0 Å². The Balaban J connectivity index is 0.998. The maximum atomic E-state index is 13.8. The lowest BCUT2D eigenvalue weighted by atomic mass is 10.0. The van der Waals surface area contributed by atoms with Crippen LogP contribution in [0.5, 0.6) is 0 Å². The summed E-state index contributed by atoms with van der Waals surface area (Å²) in [6.07, 6.45) is 3.70. The van der Waals surface area contributed by atoms with Gasteiger partial charge in [-0.05, 0) is 39.8 Å². The van der Waals surface area contributed by atoms with E-state index in [1.54, 1.807) is 34.3 Å². The number of benzene rings is 4. The average Bonchev–Trinajstić information content (AvgIpc) is 4.01. The van der Waals surface area contributed by atoms with Gasteiger partial charge in [0, 0.05) is 19.5 Å². The SMILES string of the molecule is CCCN(Cc1ncc(-c2ccc(-c3ccc(-c4cnc([C@@H]5C[C@H](O)CN5C(=O)Cc5ccccc5)[nH]4)cc3)cc2)[nH]1)C(=O)[C@H](NC(=O)OC)c1ccccc1. The van der Waals surface area contributed by atoms with Gasteiger partial charge in [0.1, 0.15) is 17.7 Å². The Labute approximate surface area is 325 Å². The molecule has 3 atom stereocenters. The number of carbonyl (C=O) groups excluding carboxylic acids is 3. The fourth-order valence-electron chi connectivity index (χ4n) is 7.16. The van der Waals surface area contributed by atoms with Crippen LogP contribution in [0.1, 0.15) is 54.6 Å². The topological polar surface area (TPSA) is 157 Å². The molecule has 0 unspecified atom stereocenters. The summed E-state index contributed by atoms with van der Waals surface area (Å²) in [5, 5.41) is 13.2. The zero-order valence-electron chi connectivity index (χ0n) is 31.4. The van der Waals surface area contributed by atoms with Crippen molar-refractivity contribution in [2.75, 3.05) is 20.2 Å². The normalized spacial score (nSPS) is 15.7. The monoisotopic (exact) mass is 751 g/mol. The van der Waals surface area contributed by atoms with Gasteiger partial charge in [0.2, 0.25) is 11.8 Å². The smallest absolute Gasteiger partial charge is 0.407 e. The first-order valence-electron chi connectivity index (χ1n) is 18.8. The first-order valence-corrected chi connectivity index (χ1v) is 18.8. The van der Waals surface area contributed by atoms with Gasteiger partial charge in [0.15, 0.2) is 0 Å². The van der Waals surface area contributed by atoms with Gasteiger partial charge in [-0.15, -0.1) is 0 Å². The van der Waals surface area contributed by atoms with Crippen LogP contribution in [0, 0.1) is 0 Å². The second-order valence-corrected chi connectivity index (χ2v) is 13.9. The number of likely N-dealkylation sites (tertiary alicyclic amines) is 1. The third kappa shape index (κ3) is 8.71. The molecule has 0 bridgehead atoms. The number of carbonyl (C=O) groups is 3. The summed E-state index contributed by atoms with van der Waals surface area (Å²) in [4.78, 5) is 58.6. The molecule has 1 saturated heterocycles. The van der Waals surface area contributed by atoms with Crippen LogP contribution in [0.3, 0.4) is 0 Å². The number of nitrogens with one attached hydrogen (secondary N) is 3. The first kappa shape index (κ1) is 37.8. The number of methoxy groups -OCH3 is 1. The minimum atomic E-state index is -0.900. The highest BCUT2D eigenvalue weighted by Crippen LogP contribution is 2.33. The van der Waals surface area contributed by atoms with Crippen molar-refractivity contribution >= 4 is 17.9 Å². The molecule has 0 aliphatic carbocycles. The van der Waals surface area contributed by atoms with E-state index < -0.39 is 18.2 Å². The van der Waals surface area contributed by atoms with E-state index in [1.807, 2.05) is 79.7 Å². The molecule has 6 aromatic rings. The number of aromatic nitrogens is 4. The van der Waals surface area contributed by atoms with Crippen LogP contribution in [0.15, 0.2) is 122 Å². The number of imidazole rings is 2. The second-order valence-electron chi connectivity index (χ2n) is 13.9. The Bertz CT molecular complexity index is 2240. The summed E-state index contributed by atoms with van der Waals surface area (Å²) in [7, 11) is 1.27. The number of ether oxygens (including phenoxy) is 1. The van der Waals surface area contributed by atoms with E-state index in [9.17, 15) is 19.5 Å². The Hall–Kier alpha value is -6.53. The highest BCUT2D eigenvalue weighted by Gasteiger charge is 2.37. The zero-order valence-corrected chi connectivity index (χ0v) is 31.4. The second kappa shape index (κ2) is 17.3. The van der Waals surface area contributed by atoms with Crippen LogP contribution in [0.4, 0.5) is 4.79 Å². The number of alkyl carbamates (subject to hydrolysis) is 1. The van der Waals surface area contributed by atoms with Gasteiger partial charge in [0.25, 0.3) is 0 Å². The Morgan fingerprint density at radius 2 is 1.43 bits per heavy atom.